The van der Waals surface area contributed by atoms with Gasteiger partial charge >= 0.3 is 5.97 Å². The third kappa shape index (κ3) is 5.02. The van der Waals surface area contributed by atoms with Crippen molar-refractivity contribution in [2.45, 2.75) is 39.3 Å². The normalized spacial score (nSPS) is 17.2. The number of aryl methyl sites for hydroxylation is 2. The number of nitrogens with zero attached hydrogens (tertiary/aromatic N) is 2. The van der Waals surface area contributed by atoms with Gasteiger partial charge in [0.1, 0.15) is 6.61 Å². The average Bonchev–Trinajstić information content (AvgIpc) is 2.67. The largest absolute Gasteiger partial charge is 0.457 e. The van der Waals surface area contributed by atoms with E-state index < -0.39 is 0 Å². The molecule has 1 amide bonds. The lowest BCUT2D eigenvalue weighted by molar-refractivity contribution is -0.899. The van der Waals surface area contributed by atoms with Crippen molar-refractivity contribution >= 4 is 29.2 Å². The second kappa shape index (κ2) is 9.19. The Morgan fingerprint density at radius 3 is 2.43 bits per heavy atom. The number of halogens is 1. The molecule has 0 N–H and O–H groups in total. The maximum Gasteiger partial charge on any atom is 0.362 e. The Morgan fingerprint density at radius 1 is 1.17 bits per heavy atom. The fraction of sp³-hybridized carbons (Fsp3) is 0.417. The van der Waals surface area contributed by atoms with Crippen molar-refractivity contribution in [3.8, 4) is 0 Å². The molecule has 0 saturated carbocycles. The van der Waals surface area contributed by atoms with Crippen molar-refractivity contribution in [1.82, 2.24) is 0 Å². The molecule has 1 atom stereocenters. The Bertz CT molecular complexity index is 904. The van der Waals surface area contributed by atoms with Crippen LogP contribution in [0.4, 0.5) is 5.69 Å². The van der Waals surface area contributed by atoms with Crippen molar-refractivity contribution in [3.05, 3.63) is 64.2 Å². The summed E-state index contributed by atoms with van der Waals surface area (Å²) >= 11 is 6.17. The number of benzene rings is 2. The summed E-state index contributed by atoms with van der Waals surface area (Å²) in [5, 5.41) is 0.673. The number of ether oxygens (including phenoxy) is 1. The van der Waals surface area contributed by atoms with Crippen LogP contribution in [0.2, 0.25) is 5.02 Å². The van der Waals surface area contributed by atoms with Crippen LogP contribution in [0.25, 0.3) is 0 Å². The molecule has 1 aliphatic rings. The minimum Gasteiger partial charge on any atom is -0.457 e. The van der Waals surface area contributed by atoms with Gasteiger partial charge in [-0.3, -0.25) is 4.79 Å². The van der Waals surface area contributed by atoms with Gasteiger partial charge in [-0.2, -0.15) is 0 Å². The van der Waals surface area contributed by atoms with E-state index in [1.807, 2.05) is 75.3 Å². The Hall–Kier alpha value is -2.37. The average molecular weight is 430 g/mol. The van der Waals surface area contributed by atoms with Gasteiger partial charge in [-0.25, -0.2) is 4.79 Å². The SMILES string of the molecule is Cc1cc(Cl)cc(C)c1N1CCCC([N+](C)(C)CC(=O)OCc2ccccc2)C1=O. The summed E-state index contributed by atoms with van der Waals surface area (Å²) in [6.07, 6.45) is 1.64. The van der Waals surface area contributed by atoms with Gasteiger partial charge in [-0.15, -0.1) is 0 Å². The minimum atomic E-state index is -0.298. The van der Waals surface area contributed by atoms with Crippen LogP contribution in [-0.4, -0.2) is 49.6 Å². The summed E-state index contributed by atoms with van der Waals surface area (Å²) in [5.74, 6) is -0.247. The van der Waals surface area contributed by atoms with Crippen molar-refractivity contribution in [2.75, 3.05) is 32.1 Å². The van der Waals surface area contributed by atoms with Crippen molar-refractivity contribution in [3.63, 3.8) is 0 Å². The zero-order valence-corrected chi connectivity index (χ0v) is 18.9. The molecule has 0 aliphatic carbocycles. The van der Waals surface area contributed by atoms with Crippen LogP contribution in [0.1, 0.15) is 29.5 Å². The first-order valence-electron chi connectivity index (χ1n) is 10.3. The number of likely N-dealkylation sites (N-methyl/N-ethyl adjacent to an activating group) is 1. The van der Waals surface area contributed by atoms with Crippen molar-refractivity contribution in [2.24, 2.45) is 0 Å². The fourth-order valence-electron chi connectivity index (χ4n) is 4.28. The fourth-order valence-corrected chi connectivity index (χ4v) is 4.61. The van der Waals surface area contributed by atoms with E-state index in [0.29, 0.717) is 11.6 Å². The highest BCUT2D eigenvalue weighted by Crippen LogP contribution is 2.32. The van der Waals surface area contributed by atoms with E-state index in [0.717, 1.165) is 35.2 Å². The number of piperidine rings is 1. The van der Waals surface area contributed by atoms with E-state index in [9.17, 15) is 9.59 Å². The molecule has 3 rings (SSSR count). The molecule has 6 heteroatoms. The molecule has 1 heterocycles. The van der Waals surface area contributed by atoms with Crippen LogP contribution < -0.4 is 4.90 Å². The molecule has 1 saturated heterocycles. The van der Waals surface area contributed by atoms with E-state index in [2.05, 4.69) is 0 Å². The van der Waals surface area contributed by atoms with Gasteiger partial charge in [-0.05, 0) is 49.1 Å². The molecule has 1 unspecified atom stereocenters. The van der Waals surface area contributed by atoms with Gasteiger partial charge < -0.3 is 14.1 Å². The van der Waals surface area contributed by atoms with E-state index in [1.54, 1.807) is 0 Å². The van der Waals surface area contributed by atoms with Crippen LogP contribution >= 0.6 is 11.6 Å². The predicted octanol–water partition coefficient (Wildman–Crippen LogP) is 4.27. The van der Waals surface area contributed by atoms with Gasteiger partial charge in [0.2, 0.25) is 0 Å². The van der Waals surface area contributed by atoms with E-state index in [4.69, 9.17) is 16.3 Å². The zero-order chi connectivity index (χ0) is 21.9. The van der Waals surface area contributed by atoms with Crippen LogP contribution in [-0.2, 0) is 20.9 Å². The van der Waals surface area contributed by atoms with Crippen molar-refractivity contribution < 1.29 is 18.8 Å². The van der Waals surface area contributed by atoms with Crippen LogP contribution in [0, 0.1) is 13.8 Å². The number of rotatable bonds is 6. The molecule has 0 aromatic heterocycles. The number of hydrogen-bond acceptors (Lipinski definition) is 3. The van der Waals surface area contributed by atoms with Gasteiger partial charge in [0, 0.05) is 23.7 Å². The molecule has 160 valence electrons. The first kappa shape index (κ1) is 22.3. The molecular weight excluding hydrogens is 400 g/mol. The lowest BCUT2D eigenvalue weighted by Gasteiger charge is -2.42. The van der Waals surface area contributed by atoms with E-state index in [-0.39, 0.29) is 35.6 Å². The summed E-state index contributed by atoms with van der Waals surface area (Å²) in [5.41, 5.74) is 3.86. The number of carbonyl (C=O) groups excluding carboxylic acids is 2. The second-order valence-electron chi connectivity index (χ2n) is 8.62. The Labute approximate surface area is 183 Å². The molecule has 2 aromatic carbocycles. The number of anilines is 1. The Morgan fingerprint density at radius 2 is 1.80 bits per heavy atom. The lowest BCUT2D eigenvalue weighted by atomic mass is 9.98. The third-order valence-electron chi connectivity index (χ3n) is 5.76. The van der Waals surface area contributed by atoms with Gasteiger partial charge in [-0.1, -0.05) is 41.9 Å². The summed E-state index contributed by atoms with van der Waals surface area (Å²) in [6, 6.07) is 13.1. The summed E-state index contributed by atoms with van der Waals surface area (Å²) in [4.78, 5) is 27.8. The quantitative estimate of drug-likeness (QED) is 0.508. The van der Waals surface area contributed by atoms with E-state index >= 15 is 0 Å². The molecule has 2 aromatic rings. The second-order valence-corrected chi connectivity index (χ2v) is 9.06. The molecule has 0 bridgehead atoms. The first-order chi connectivity index (χ1) is 14.2. The zero-order valence-electron chi connectivity index (χ0n) is 18.2. The molecule has 1 fully saturated rings. The number of quaternary nitrogens is 1. The van der Waals surface area contributed by atoms with E-state index in [1.165, 1.54) is 0 Å². The van der Waals surface area contributed by atoms with Crippen LogP contribution in [0.5, 0.6) is 0 Å². The maximum atomic E-state index is 13.4. The Balaban J connectivity index is 1.71. The highest BCUT2D eigenvalue weighted by atomic mass is 35.5. The Kier molecular flexibility index (Phi) is 6.84. The lowest BCUT2D eigenvalue weighted by Crippen LogP contribution is -2.61. The topological polar surface area (TPSA) is 46.6 Å². The molecule has 30 heavy (non-hydrogen) atoms. The smallest absolute Gasteiger partial charge is 0.362 e. The standard InChI is InChI=1S/C24H30ClN2O3/c1-17-13-20(25)14-18(2)23(17)26-12-8-11-21(24(26)29)27(3,4)15-22(28)30-16-19-9-6-5-7-10-19/h5-7,9-10,13-14,21H,8,11-12,15-16H2,1-4H3/q+1. The van der Waals surface area contributed by atoms with Crippen molar-refractivity contribution in [1.29, 1.82) is 0 Å². The number of hydrogen-bond donors (Lipinski definition) is 0. The first-order valence-corrected chi connectivity index (χ1v) is 10.7. The number of esters is 1. The number of carbonyl (C=O) groups is 2. The minimum absolute atomic E-state index is 0.0515. The molecule has 5 nitrogen and oxygen atoms in total. The van der Waals surface area contributed by atoms with Gasteiger partial charge in [0.15, 0.2) is 12.6 Å². The summed E-state index contributed by atoms with van der Waals surface area (Å²) in [6.45, 7) is 5.03. The highest BCUT2D eigenvalue weighted by molar-refractivity contribution is 6.30. The monoisotopic (exact) mass is 429 g/mol. The predicted molar refractivity (Wildman–Crippen MR) is 120 cm³/mol. The molecule has 1 aliphatic heterocycles. The molecule has 0 radical (unpaired) electrons. The third-order valence-corrected chi connectivity index (χ3v) is 5.98. The van der Waals surface area contributed by atoms with Gasteiger partial charge in [0.25, 0.3) is 5.91 Å². The van der Waals surface area contributed by atoms with Crippen LogP contribution in [0.3, 0.4) is 0 Å². The highest BCUT2D eigenvalue weighted by Gasteiger charge is 2.42. The maximum absolute atomic E-state index is 13.4. The summed E-state index contributed by atoms with van der Waals surface area (Å²) < 4.78 is 5.73. The van der Waals surface area contributed by atoms with Crippen LogP contribution in [0.15, 0.2) is 42.5 Å². The molecule has 0 spiro atoms. The van der Waals surface area contributed by atoms with Gasteiger partial charge in [0.05, 0.1) is 14.1 Å². The number of amides is 1. The summed E-state index contributed by atoms with van der Waals surface area (Å²) in [7, 11) is 3.86. The molecular formula is C24H30ClN2O3+.